The van der Waals surface area contributed by atoms with E-state index in [9.17, 15) is 0 Å². The van der Waals surface area contributed by atoms with Crippen LogP contribution in [0.1, 0.15) is 22.3 Å². The molecule has 638 valence electrons. The van der Waals surface area contributed by atoms with Gasteiger partial charge in [-0.15, -0.1) is 0 Å². The van der Waals surface area contributed by atoms with Crippen LogP contribution in [0.5, 0.6) is 0 Å². The summed E-state index contributed by atoms with van der Waals surface area (Å²) in [5.41, 5.74) is 31.5. The van der Waals surface area contributed by atoms with Crippen LogP contribution in [0.15, 0.2) is 485 Å². The number of fused-ring (bicyclic) bond motifs is 15. The highest BCUT2D eigenvalue weighted by Crippen LogP contribution is 2.60. The Labute approximate surface area is 789 Å². The molecule has 0 saturated carbocycles. The summed E-state index contributed by atoms with van der Waals surface area (Å²) >= 11 is 0. The van der Waals surface area contributed by atoms with Crippen LogP contribution in [0, 0.1) is 0 Å². The minimum Gasteiger partial charge on any atom is -0.309 e. The highest BCUT2D eigenvalue weighted by atomic mass is 15.1. The molecule has 6 aromatic heterocycles. The van der Waals surface area contributed by atoms with Crippen molar-refractivity contribution in [2.45, 2.75) is 5.41 Å². The first-order valence-electron chi connectivity index (χ1n) is 46.6. The number of hydrogen-bond acceptors (Lipinski definition) is 6. The number of nitrogens with zero attached hydrogens (tertiary/aromatic N) is 10. The lowest BCUT2D eigenvalue weighted by atomic mass is 9.65. The average Bonchev–Trinajstić information content (AvgIpc) is 1.52. The van der Waals surface area contributed by atoms with Gasteiger partial charge >= 0.3 is 0 Å². The molecule has 27 rings (SSSR count). The maximum Gasteiger partial charge on any atom is 0.164 e. The molecule has 0 bridgehead atoms. The Kier molecular flexibility index (Phi) is 18.3. The molecule has 0 atom stereocenters. The van der Waals surface area contributed by atoms with E-state index < -0.39 is 5.41 Å². The van der Waals surface area contributed by atoms with Crippen molar-refractivity contribution < 1.29 is 0 Å². The third-order valence-electron chi connectivity index (χ3n) is 27.9. The maximum atomic E-state index is 5.62. The summed E-state index contributed by atoms with van der Waals surface area (Å²) < 4.78 is 9.64. The van der Waals surface area contributed by atoms with Crippen molar-refractivity contribution in [2.75, 3.05) is 0 Å². The van der Waals surface area contributed by atoms with Crippen molar-refractivity contribution in [1.82, 2.24) is 48.2 Å². The van der Waals surface area contributed by atoms with E-state index in [-0.39, 0.29) is 0 Å². The van der Waals surface area contributed by atoms with E-state index in [1.807, 2.05) is 72.8 Å². The molecule has 0 fully saturated rings. The van der Waals surface area contributed by atoms with Gasteiger partial charge in [0.2, 0.25) is 0 Å². The number of rotatable bonds is 16. The lowest BCUT2D eigenvalue weighted by Crippen LogP contribution is -2.29. The largest absolute Gasteiger partial charge is 0.309 e. The van der Waals surface area contributed by atoms with Crippen molar-refractivity contribution in [3.8, 4) is 147 Å². The fraction of sp³-hybridized carbons (Fsp3) is 0.00787. The van der Waals surface area contributed by atoms with Crippen LogP contribution in [0.4, 0.5) is 0 Å². The Balaban J connectivity index is 0.809. The minimum absolute atomic E-state index is 0.527. The van der Waals surface area contributed by atoms with Gasteiger partial charge < -0.3 is 18.3 Å². The minimum atomic E-state index is -1.32. The topological polar surface area (TPSA) is 97.1 Å². The fourth-order valence-electron chi connectivity index (χ4n) is 21.7. The van der Waals surface area contributed by atoms with Gasteiger partial charge in [-0.05, 0) is 248 Å². The number of para-hydroxylation sites is 8. The zero-order valence-electron chi connectivity index (χ0n) is 74.2. The van der Waals surface area contributed by atoms with Crippen molar-refractivity contribution in [3.63, 3.8) is 0 Å². The Morgan fingerprint density at radius 1 is 0.139 bits per heavy atom. The molecule has 0 saturated heterocycles. The van der Waals surface area contributed by atoms with Gasteiger partial charge in [0, 0.05) is 99.2 Å². The van der Waals surface area contributed by atoms with Crippen LogP contribution in [0.3, 0.4) is 0 Å². The summed E-state index contributed by atoms with van der Waals surface area (Å²) in [6, 6.07) is 177. The van der Waals surface area contributed by atoms with E-state index in [2.05, 4.69) is 431 Å². The zero-order chi connectivity index (χ0) is 90.2. The van der Waals surface area contributed by atoms with Crippen molar-refractivity contribution in [1.29, 1.82) is 0 Å². The molecule has 1 aliphatic rings. The number of benzene rings is 20. The summed E-state index contributed by atoms with van der Waals surface area (Å²) in [5, 5.41) is 9.17. The van der Waals surface area contributed by atoms with Crippen LogP contribution < -0.4 is 0 Å². The molecule has 137 heavy (non-hydrogen) atoms. The lowest BCUT2D eigenvalue weighted by Gasteiger charge is -2.36. The second kappa shape index (κ2) is 32.0. The molecular weight excluding hydrogens is 1670 g/mol. The summed E-state index contributed by atoms with van der Waals surface area (Å²) in [4.78, 5) is 33.2. The van der Waals surface area contributed by atoms with E-state index in [1.54, 1.807) is 0 Å². The lowest BCUT2D eigenvalue weighted by molar-refractivity contribution is 0.770. The number of hydrogen-bond donors (Lipinski definition) is 0. The van der Waals surface area contributed by atoms with E-state index in [0.717, 1.165) is 221 Å². The van der Waals surface area contributed by atoms with E-state index >= 15 is 0 Å². The van der Waals surface area contributed by atoms with Gasteiger partial charge in [0.05, 0.1) is 49.5 Å². The zero-order valence-corrected chi connectivity index (χ0v) is 74.2. The third kappa shape index (κ3) is 13.0. The Hall–Kier alpha value is -18.4. The first-order chi connectivity index (χ1) is 67.9. The summed E-state index contributed by atoms with van der Waals surface area (Å²) in [6.07, 6.45) is 0. The normalized spacial score (nSPS) is 12.3. The Morgan fingerprint density at radius 2 is 0.343 bits per heavy atom. The van der Waals surface area contributed by atoms with Gasteiger partial charge in [-0.3, -0.25) is 0 Å². The molecule has 6 heterocycles. The molecule has 0 unspecified atom stereocenters. The fourth-order valence-corrected chi connectivity index (χ4v) is 21.7. The summed E-state index contributed by atoms with van der Waals surface area (Å²) in [6.45, 7) is 0. The van der Waals surface area contributed by atoms with Gasteiger partial charge in [0.25, 0.3) is 0 Å². The molecule has 0 spiro atoms. The average molecular weight is 1750 g/mol. The Bertz CT molecular complexity index is 8310. The van der Waals surface area contributed by atoms with Gasteiger partial charge in [0.15, 0.2) is 34.9 Å². The maximum absolute atomic E-state index is 5.62. The van der Waals surface area contributed by atoms with E-state index in [0.29, 0.717) is 34.9 Å². The quantitative estimate of drug-likeness (QED) is 0.0956. The summed E-state index contributed by atoms with van der Waals surface area (Å²) in [7, 11) is 0. The molecule has 0 N–H and O–H groups in total. The van der Waals surface area contributed by atoms with Crippen molar-refractivity contribution in [2.24, 2.45) is 0 Å². The highest BCUT2D eigenvalue weighted by molar-refractivity contribution is 6.15. The predicted octanol–water partition coefficient (Wildman–Crippen LogP) is 31.5. The summed E-state index contributed by atoms with van der Waals surface area (Å²) in [5.74, 6) is 3.30. The molecule has 10 nitrogen and oxygen atoms in total. The van der Waals surface area contributed by atoms with Crippen LogP contribution in [-0.2, 0) is 5.41 Å². The van der Waals surface area contributed by atoms with Gasteiger partial charge in [-0.1, -0.05) is 315 Å². The van der Waals surface area contributed by atoms with Crippen molar-refractivity contribution >= 4 is 87.2 Å². The van der Waals surface area contributed by atoms with Gasteiger partial charge in [-0.25, -0.2) is 29.9 Å². The third-order valence-corrected chi connectivity index (χ3v) is 27.9. The van der Waals surface area contributed by atoms with Gasteiger partial charge in [-0.2, -0.15) is 0 Å². The van der Waals surface area contributed by atoms with E-state index in [1.165, 1.54) is 0 Å². The predicted molar refractivity (Wildman–Crippen MR) is 562 cm³/mol. The molecule has 0 radical (unpaired) electrons. The van der Waals surface area contributed by atoms with Gasteiger partial charge in [0.1, 0.15) is 0 Å². The smallest absolute Gasteiger partial charge is 0.164 e. The second-order valence-corrected chi connectivity index (χ2v) is 35.6. The van der Waals surface area contributed by atoms with Crippen LogP contribution >= 0.6 is 0 Å². The molecule has 26 aromatic rings. The van der Waals surface area contributed by atoms with Crippen LogP contribution in [0.25, 0.3) is 234 Å². The highest BCUT2D eigenvalue weighted by Gasteiger charge is 2.48. The SMILES string of the molecule is c1ccc(-c2nc(-c3ccccc3)nc(-c3ccc4c(c3)C(c3cc(-c5ccc6c(c5)c5ccccc5n6-c5ccccc5)cc(-c5ccc6c(c5)c5ccccc5n6-c5ccccc5)c3)(c3cc(-c5ccc6c(c5)c5ccccc5n6-c5ccccc5)cc(-c5ccc6c(c5)c5ccccc5n6-c5ccccc5)c3)c3cc(-c5nc(-c6ccccc6)nc(-c6ccccc6)n5)ccc3-4)n2)cc1. The van der Waals surface area contributed by atoms with E-state index in [4.69, 9.17) is 29.9 Å². The van der Waals surface area contributed by atoms with Crippen molar-refractivity contribution in [3.05, 3.63) is 508 Å². The molecule has 0 amide bonds. The molecule has 10 heteroatoms. The molecular formula is C127H80N10. The molecule has 0 aliphatic heterocycles. The standard InChI is InChI=1S/C127H80N10/c1-9-33-81(34-10-1)121-128-122(82-35-11-2-12-36-82)131-125(130-121)89-57-63-101-102-64-58-90(126-132-123(83-37-13-3-14-38-83)129-124(133-126)84-39-15-4-16-40-84)80-112(102)127(111(101)79-89,95-71-91(85-59-65-117-107(75-85)103-49-25-29-53-113(103)134(117)97-41-17-5-18-42-97)69-92(72-95)86-60-66-118-108(76-86)104-50-26-30-54-114(104)135(118)98-43-19-6-20-44-98)96-73-93(87-61-67-119-109(77-87)105-51-27-31-55-115(105)136(119)99-45-21-7-22-46-99)70-94(74-96)88-62-68-120-110(78-88)106-52-28-32-56-116(106)137(120)100-47-23-8-24-48-100/h1-80H. The van der Waals surface area contributed by atoms with Crippen LogP contribution in [0.2, 0.25) is 0 Å². The van der Waals surface area contributed by atoms with Crippen LogP contribution in [-0.4, -0.2) is 48.2 Å². The number of aromatic nitrogens is 10. The second-order valence-electron chi connectivity index (χ2n) is 35.6. The Morgan fingerprint density at radius 3 is 0.591 bits per heavy atom. The molecule has 20 aromatic carbocycles. The first kappa shape index (κ1) is 78.5. The first-order valence-corrected chi connectivity index (χ1v) is 46.6. The molecule has 1 aliphatic carbocycles. The monoisotopic (exact) mass is 1740 g/mol.